The normalized spacial score (nSPS) is 14.9. The molecule has 1 fully saturated rings. The molecule has 6 heteroatoms. The molecule has 0 spiro atoms. The van der Waals surface area contributed by atoms with Crippen molar-refractivity contribution < 1.29 is 9.53 Å². The van der Waals surface area contributed by atoms with Gasteiger partial charge in [-0.15, -0.1) is 0 Å². The fourth-order valence-electron chi connectivity index (χ4n) is 4.02. The molecule has 2 N–H and O–H groups in total. The van der Waals surface area contributed by atoms with Gasteiger partial charge >= 0.3 is 5.97 Å². The highest BCUT2D eigenvalue weighted by Gasteiger charge is 2.46. The monoisotopic (exact) mass is 430 g/mol. The molecule has 0 bridgehead atoms. The van der Waals surface area contributed by atoms with Crippen molar-refractivity contribution in [2.24, 2.45) is 0 Å². The zero-order valence-corrected chi connectivity index (χ0v) is 19.1. The molecule has 0 aliphatic heterocycles. The number of nitrogens with one attached hydrogen (secondary N) is 2. The molecule has 0 radical (unpaired) electrons. The largest absolute Gasteiger partial charge is 0.468 e. The molecule has 1 aliphatic carbocycles. The Morgan fingerprint density at radius 1 is 1.00 bits per heavy atom. The van der Waals surface area contributed by atoms with E-state index in [4.69, 9.17) is 9.72 Å². The van der Waals surface area contributed by atoms with Gasteiger partial charge in [0, 0.05) is 22.9 Å². The fraction of sp³-hybridized carbons (Fsp3) is 0.346. The fourth-order valence-corrected chi connectivity index (χ4v) is 4.02. The summed E-state index contributed by atoms with van der Waals surface area (Å²) < 4.78 is 5.07. The van der Waals surface area contributed by atoms with Crippen LogP contribution >= 0.6 is 0 Å². The summed E-state index contributed by atoms with van der Waals surface area (Å²) in [5.41, 5.74) is 3.10. The van der Waals surface area contributed by atoms with Gasteiger partial charge in [0.05, 0.1) is 18.2 Å². The van der Waals surface area contributed by atoms with Crippen LogP contribution in [0.25, 0.3) is 11.3 Å². The van der Waals surface area contributed by atoms with Crippen molar-refractivity contribution in [2.75, 3.05) is 17.7 Å². The molecule has 0 saturated heterocycles. The van der Waals surface area contributed by atoms with E-state index in [0.717, 1.165) is 41.8 Å². The summed E-state index contributed by atoms with van der Waals surface area (Å²) in [5, 5.41) is 6.76. The van der Waals surface area contributed by atoms with E-state index in [2.05, 4.69) is 36.4 Å². The van der Waals surface area contributed by atoms with Crippen LogP contribution in [-0.2, 0) is 14.9 Å². The van der Waals surface area contributed by atoms with Gasteiger partial charge in [-0.25, -0.2) is 4.98 Å². The maximum absolute atomic E-state index is 12.4. The third-order valence-electron chi connectivity index (χ3n) is 5.78. The Kier molecular flexibility index (Phi) is 5.87. The molecule has 2 aromatic carbocycles. The van der Waals surface area contributed by atoms with E-state index in [1.807, 2.05) is 60.7 Å². The minimum absolute atomic E-state index is 0.148. The zero-order chi connectivity index (χ0) is 22.8. The number of esters is 1. The number of hydrogen-bond donors (Lipinski definition) is 2. The van der Waals surface area contributed by atoms with Crippen molar-refractivity contribution in [3.8, 4) is 11.3 Å². The SMILES string of the molecule is COC(=O)C1(c2ccc(Nc3cc(-c4ccccc4)nc(NC(C)(C)C)n3)cc2)CCC1. The smallest absolute Gasteiger partial charge is 0.316 e. The van der Waals surface area contributed by atoms with E-state index in [-0.39, 0.29) is 11.5 Å². The highest BCUT2D eigenvalue weighted by atomic mass is 16.5. The Hall–Kier alpha value is -3.41. The standard InChI is InChI=1S/C26H30N4O2/c1-25(2,3)30-24-28-21(18-9-6-5-7-10-18)17-22(29-24)27-20-13-11-19(12-14-20)26(15-8-16-26)23(31)32-4/h5-7,9-14,17H,8,15-16H2,1-4H3,(H2,27,28,29,30). The number of hydrogen-bond acceptors (Lipinski definition) is 6. The van der Waals surface area contributed by atoms with Crippen LogP contribution in [0.1, 0.15) is 45.6 Å². The van der Waals surface area contributed by atoms with E-state index in [0.29, 0.717) is 11.8 Å². The van der Waals surface area contributed by atoms with Gasteiger partial charge in [-0.2, -0.15) is 4.98 Å². The first-order valence-electron chi connectivity index (χ1n) is 11.0. The number of carbonyl (C=O) groups excluding carboxylic acids is 1. The van der Waals surface area contributed by atoms with E-state index in [1.54, 1.807) is 0 Å². The average Bonchev–Trinajstić information content (AvgIpc) is 2.73. The lowest BCUT2D eigenvalue weighted by Crippen LogP contribution is -2.43. The summed E-state index contributed by atoms with van der Waals surface area (Å²) in [6, 6.07) is 20.0. The molecule has 0 amide bonds. The molecule has 3 aromatic rings. The molecule has 32 heavy (non-hydrogen) atoms. The molecule has 1 aromatic heterocycles. The lowest BCUT2D eigenvalue weighted by atomic mass is 9.64. The van der Waals surface area contributed by atoms with E-state index >= 15 is 0 Å². The van der Waals surface area contributed by atoms with Gasteiger partial charge in [-0.1, -0.05) is 48.9 Å². The molecule has 1 heterocycles. The minimum Gasteiger partial charge on any atom is -0.468 e. The van der Waals surface area contributed by atoms with Gasteiger partial charge < -0.3 is 15.4 Å². The van der Waals surface area contributed by atoms with Crippen LogP contribution in [0.2, 0.25) is 0 Å². The maximum atomic E-state index is 12.4. The third-order valence-corrected chi connectivity index (χ3v) is 5.78. The lowest BCUT2D eigenvalue weighted by molar-refractivity contribution is -0.151. The molecule has 0 atom stereocenters. The minimum atomic E-state index is -0.494. The highest BCUT2D eigenvalue weighted by molar-refractivity contribution is 5.84. The van der Waals surface area contributed by atoms with Crippen molar-refractivity contribution in [3.63, 3.8) is 0 Å². The first-order chi connectivity index (χ1) is 15.3. The van der Waals surface area contributed by atoms with Crippen LogP contribution in [-0.4, -0.2) is 28.6 Å². The molecule has 4 rings (SSSR count). The lowest BCUT2D eigenvalue weighted by Gasteiger charge is -2.39. The average molecular weight is 431 g/mol. The second-order valence-electron chi connectivity index (χ2n) is 9.33. The summed E-state index contributed by atoms with van der Waals surface area (Å²) in [5.74, 6) is 1.12. The van der Waals surface area contributed by atoms with Crippen molar-refractivity contribution >= 4 is 23.4 Å². The number of nitrogens with zero attached hydrogens (tertiary/aromatic N) is 2. The topological polar surface area (TPSA) is 76.1 Å². The van der Waals surface area contributed by atoms with E-state index in [9.17, 15) is 4.79 Å². The number of ether oxygens (including phenoxy) is 1. The van der Waals surface area contributed by atoms with Crippen LogP contribution in [0.3, 0.4) is 0 Å². The van der Waals surface area contributed by atoms with Gasteiger partial charge in [-0.3, -0.25) is 4.79 Å². The van der Waals surface area contributed by atoms with Crippen molar-refractivity contribution in [3.05, 3.63) is 66.2 Å². The van der Waals surface area contributed by atoms with Crippen molar-refractivity contribution in [1.82, 2.24) is 9.97 Å². The van der Waals surface area contributed by atoms with Crippen LogP contribution in [0.5, 0.6) is 0 Å². The number of methoxy groups -OCH3 is 1. The summed E-state index contributed by atoms with van der Waals surface area (Å²) in [4.78, 5) is 21.7. The predicted molar refractivity (Wildman–Crippen MR) is 128 cm³/mol. The number of rotatable bonds is 6. The Bertz CT molecular complexity index is 1090. The number of anilines is 3. The molecule has 1 aliphatic rings. The Labute approximate surface area is 189 Å². The quantitative estimate of drug-likeness (QED) is 0.489. The zero-order valence-electron chi connectivity index (χ0n) is 19.1. The van der Waals surface area contributed by atoms with E-state index < -0.39 is 5.41 Å². The number of benzene rings is 2. The second kappa shape index (κ2) is 8.61. The third kappa shape index (κ3) is 4.59. The summed E-state index contributed by atoms with van der Waals surface area (Å²) in [6.07, 6.45) is 2.71. The summed E-state index contributed by atoms with van der Waals surface area (Å²) in [6.45, 7) is 6.24. The predicted octanol–water partition coefficient (Wildman–Crippen LogP) is 5.69. The van der Waals surface area contributed by atoms with Crippen LogP contribution < -0.4 is 10.6 Å². The van der Waals surface area contributed by atoms with Gasteiger partial charge in [0.1, 0.15) is 5.82 Å². The molecule has 0 unspecified atom stereocenters. The van der Waals surface area contributed by atoms with Crippen molar-refractivity contribution in [2.45, 2.75) is 51.0 Å². The highest BCUT2D eigenvalue weighted by Crippen LogP contribution is 2.45. The van der Waals surface area contributed by atoms with Gasteiger partial charge in [0.2, 0.25) is 5.95 Å². The van der Waals surface area contributed by atoms with Crippen LogP contribution in [0.15, 0.2) is 60.7 Å². The number of carbonyl (C=O) groups is 1. The first kappa shape index (κ1) is 21.8. The summed E-state index contributed by atoms with van der Waals surface area (Å²) >= 11 is 0. The Balaban J connectivity index is 1.62. The number of aromatic nitrogens is 2. The van der Waals surface area contributed by atoms with Gasteiger partial charge in [0.15, 0.2) is 0 Å². The molecule has 166 valence electrons. The first-order valence-corrected chi connectivity index (χ1v) is 11.0. The Morgan fingerprint density at radius 3 is 2.25 bits per heavy atom. The van der Waals surface area contributed by atoms with Gasteiger partial charge in [0.25, 0.3) is 0 Å². The summed E-state index contributed by atoms with van der Waals surface area (Å²) in [7, 11) is 1.46. The van der Waals surface area contributed by atoms with Gasteiger partial charge in [-0.05, 0) is 51.3 Å². The molecular formula is C26H30N4O2. The Morgan fingerprint density at radius 2 is 1.69 bits per heavy atom. The van der Waals surface area contributed by atoms with E-state index in [1.165, 1.54) is 7.11 Å². The molecular weight excluding hydrogens is 400 g/mol. The molecule has 6 nitrogen and oxygen atoms in total. The van der Waals surface area contributed by atoms with Crippen molar-refractivity contribution in [1.29, 1.82) is 0 Å². The van der Waals surface area contributed by atoms with Crippen LogP contribution in [0, 0.1) is 0 Å². The van der Waals surface area contributed by atoms with Crippen LogP contribution in [0.4, 0.5) is 17.5 Å². The molecule has 1 saturated carbocycles. The maximum Gasteiger partial charge on any atom is 0.316 e. The second-order valence-corrected chi connectivity index (χ2v) is 9.33.